The zero-order valence-electron chi connectivity index (χ0n) is 14.5. The van der Waals surface area contributed by atoms with Crippen molar-refractivity contribution in [2.75, 3.05) is 5.32 Å². The molecule has 4 heteroatoms. The van der Waals surface area contributed by atoms with Gasteiger partial charge in [-0.3, -0.25) is 4.79 Å². The van der Waals surface area contributed by atoms with Crippen LogP contribution in [0.3, 0.4) is 0 Å². The van der Waals surface area contributed by atoms with E-state index in [4.69, 9.17) is 10.2 Å². The lowest BCUT2D eigenvalue weighted by molar-refractivity contribution is -0.117. The minimum atomic E-state index is -0.314. The Hall–Kier alpha value is -2.75. The van der Waals surface area contributed by atoms with E-state index in [2.05, 4.69) is 18.3 Å². The number of primary amides is 1. The maximum Gasteiger partial charge on any atom is 0.221 e. The van der Waals surface area contributed by atoms with Gasteiger partial charge in [-0.25, -0.2) is 0 Å². The summed E-state index contributed by atoms with van der Waals surface area (Å²) in [6.07, 6.45) is 3.49. The number of fused-ring (bicyclic) bond motifs is 1. The topological polar surface area (TPSA) is 68.3 Å². The first-order valence-electron chi connectivity index (χ1n) is 8.77. The van der Waals surface area contributed by atoms with Crippen molar-refractivity contribution in [1.82, 2.24) is 0 Å². The Morgan fingerprint density at radius 2 is 1.88 bits per heavy atom. The number of unbranched alkanes of at least 4 members (excludes halogenated alkanes) is 1. The van der Waals surface area contributed by atoms with E-state index in [1.165, 1.54) is 10.9 Å². The third kappa shape index (κ3) is 4.21. The standard InChI is InChI=1S/C21H24N2O2/c1-2-3-7-20-18(17-6-4-5-8-19(17)25-20)14-23-16-11-9-15(10-12-16)13-21(22)24/h4-6,8-12,23H,2-3,7,13-14H2,1H3,(H2,22,24). The molecule has 0 bridgehead atoms. The highest BCUT2D eigenvalue weighted by atomic mass is 16.3. The van der Waals surface area contributed by atoms with Gasteiger partial charge in [-0.15, -0.1) is 0 Å². The Balaban J connectivity index is 1.76. The maximum absolute atomic E-state index is 11.0. The van der Waals surface area contributed by atoms with E-state index in [0.29, 0.717) is 6.54 Å². The molecule has 4 nitrogen and oxygen atoms in total. The molecule has 130 valence electrons. The lowest BCUT2D eigenvalue weighted by atomic mass is 10.1. The van der Waals surface area contributed by atoms with Gasteiger partial charge in [-0.2, -0.15) is 0 Å². The molecule has 25 heavy (non-hydrogen) atoms. The number of furan rings is 1. The number of para-hydroxylation sites is 1. The van der Waals surface area contributed by atoms with Crippen LogP contribution in [0.2, 0.25) is 0 Å². The van der Waals surface area contributed by atoms with Crippen molar-refractivity contribution >= 4 is 22.6 Å². The van der Waals surface area contributed by atoms with Crippen molar-refractivity contribution in [3.05, 3.63) is 65.4 Å². The van der Waals surface area contributed by atoms with Gasteiger partial charge >= 0.3 is 0 Å². The van der Waals surface area contributed by atoms with Gasteiger partial charge in [0.05, 0.1) is 6.42 Å². The number of nitrogens with two attached hydrogens (primary N) is 1. The van der Waals surface area contributed by atoms with E-state index in [0.717, 1.165) is 41.9 Å². The van der Waals surface area contributed by atoms with E-state index in [1.807, 2.05) is 42.5 Å². The van der Waals surface area contributed by atoms with Crippen LogP contribution in [0.5, 0.6) is 0 Å². The van der Waals surface area contributed by atoms with Crippen LogP contribution in [-0.4, -0.2) is 5.91 Å². The molecule has 3 N–H and O–H groups in total. The second-order valence-corrected chi connectivity index (χ2v) is 6.30. The average molecular weight is 336 g/mol. The quantitative estimate of drug-likeness (QED) is 0.640. The van der Waals surface area contributed by atoms with Gasteiger partial charge in [0.15, 0.2) is 0 Å². The van der Waals surface area contributed by atoms with Crippen LogP contribution in [0.25, 0.3) is 11.0 Å². The summed E-state index contributed by atoms with van der Waals surface area (Å²) in [6, 6.07) is 16.0. The number of rotatable bonds is 8. The summed E-state index contributed by atoms with van der Waals surface area (Å²) in [7, 11) is 0. The molecule has 0 saturated heterocycles. The first kappa shape index (κ1) is 17.1. The number of hydrogen-bond donors (Lipinski definition) is 2. The molecule has 0 saturated carbocycles. The van der Waals surface area contributed by atoms with Crippen LogP contribution in [-0.2, 0) is 24.2 Å². The van der Waals surface area contributed by atoms with Crippen molar-refractivity contribution in [2.45, 2.75) is 39.2 Å². The van der Waals surface area contributed by atoms with Crippen molar-refractivity contribution in [1.29, 1.82) is 0 Å². The minimum absolute atomic E-state index is 0.272. The Morgan fingerprint density at radius 1 is 1.12 bits per heavy atom. The number of benzene rings is 2. The van der Waals surface area contributed by atoms with E-state index < -0.39 is 0 Å². The van der Waals surface area contributed by atoms with Gasteiger partial charge in [-0.1, -0.05) is 43.7 Å². The molecular weight excluding hydrogens is 312 g/mol. The number of anilines is 1. The van der Waals surface area contributed by atoms with Crippen LogP contribution in [0.1, 0.15) is 36.7 Å². The predicted molar refractivity (Wildman–Crippen MR) is 101 cm³/mol. The lowest BCUT2D eigenvalue weighted by Crippen LogP contribution is -2.13. The summed E-state index contributed by atoms with van der Waals surface area (Å²) in [4.78, 5) is 11.0. The molecule has 2 aromatic carbocycles. The van der Waals surface area contributed by atoms with Crippen LogP contribution in [0.15, 0.2) is 52.9 Å². The molecule has 0 spiro atoms. The average Bonchev–Trinajstić information content (AvgIpc) is 2.96. The summed E-state index contributed by atoms with van der Waals surface area (Å²) in [5, 5.41) is 4.63. The van der Waals surface area contributed by atoms with Gasteiger partial charge < -0.3 is 15.5 Å². The summed E-state index contributed by atoms with van der Waals surface area (Å²) >= 11 is 0. The summed E-state index contributed by atoms with van der Waals surface area (Å²) in [5.41, 5.74) is 9.34. The monoisotopic (exact) mass is 336 g/mol. The predicted octanol–water partition coefficient (Wildman–Crippen LogP) is 4.42. The summed E-state index contributed by atoms with van der Waals surface area (Å²) in [5.74, 6) is 0.757. The summed E-state index contributed by atoms with van der Waals surface area (Å²) < 4.78 is 6.06. The fraction of sp³-hybridized carbons (Fsp3) is 0.286. The fourth-order valence-electron chi connectivity index (χ4n) is 3.01. The zero-order chi connectivity index (χ0) is 17.6. The molecule has 1 aromatic heterocycles. The van der Waals surface area contributed by atoms with Gasteiger partial charge in [0, 0.05) is 29.6 Å². The van der Waals surface area contributed by atoms with Crippen molar-refractivity contribution in [2.24, 2.45) is 5.73 Å². The highest BCUT2D eigenvalue weighted by molar-refractivity contribution is 5.82. The summed E-state index contributed by atoms with van der Waals surface area (Å²) in [6.45, 7) is 2.90. The van der Waals surface area contributed by atoms with Gasteiger partial charge in [-0.05, 0) is 30.2 Å². The van der Waals surface area contributed by atoms with E-state index in [1.54, 1.807) is 0 Å². The number of hydrogen-bond acceptors (Lipinski definition) is 3. The van der Waals surface area contributed by atoms with Crippen LogP contribution in [0.4, 0.5) is 5.69 Å². The van der Waals surface area contributed by atoms with Crippen LogP contribution >= 0.6 is 0 Å². The third-order valence-corrected chi connectivity index (χ3v) is 4.34. The van der Waals surface area contributed by atoms with Crippen molar-refractivity contribution in [3.63, 3.8) is 0 Å². The molecule has 0 unspecified atom stereocenters. The van der Waals surface area contributed by atoms with Crippen LogP contribution in [0, 0.1) is 0 Å². The molecule has 0 aliphatic heterocycles. The molecule has 1 heterocycles. The number of carbonyl (C=O) groups excluding carboxylic acids is 1. The van der Waals surface area contributed by atoms with Gasteiger partial charge in [0.1, 0.15) is 11.3 Å². The van der Waals surface area contributed by atoms with Crippen LogP contribution < -0.4 is 11.1 Å². The Bertz CT molecular complexity index is 850. The SMILES string of the molecule is CCCCc1oc2ccccc2c1CNc1ccc(CC(N)=O)cc1. The zero-order valence-corrected chi connectivity index (χ0v) is 14.5. The normalized spacial score (nSPS) is 10.9. The molecule has 0 fully saturated rings. The molecule has 0 radical (unpaired) electrons. The molecule has 3 rings (SSSR count). The Morgan fingerprint density at radius 3 is 2.60 bits per heavy atom. The Kier molecular flexibility index (Phi) is 5.39. The molecule has 0 aliphatic rings. The second kappa shape index (κ2) is 7.88. The molecule has 1 amide bonds. The highest BCUT2D eigenvalue weighted by Gasteiger charge is 2.13. The molecule has 0 atom stereocenters. The number of aryl methyl sites for hydroxylation is 1. The number of amides is 1. The highest BCUT2D eigenvalue weighted by Crippen LogP contribution is 2.28. The fourth-order valence-corrected chi connectivity index (χ4v) is 3.01. The first-order chi connectivity index (χ1) is 12.2. The van der Waals surface area contributed by atoms with Crippen molar-refractivity contribution in [3.8, 4) is 0 Å². The smallest absolute Gasteiger partial charge is 0.221 e. The van der Waals surface area contributed by atoms with Gasteiger partial charge in [0.25, 0.3) is 0 Å². The number of carbonyl (C=O) groups is 1. The second-order valence-electron chi connectivity index (χ2n) is 6.30. The van der Waals surface area contributed by atoms with Crippen molar-refractivity contribution < 1.29 is 9.21 Å². The molecule has 0 aliphatic carbocycles. The minimum Gasteiger partial charge on any atom is -0.461 e. The van der Waals surface area contributed by atoms with Gasteiger partial charge in [0.2, 0.25) is 5.91 Å². The molecular formula is C21H24N2O2. The Labute approximate surface area is 148 Å². The number of nitrogens with one attached hydrogen (secondary N) is 1. The molecule has 3 aromatic rings. The lowest BCUT2D eigenvalue weighted by Gasteiger charge is -2.08. The van der Waals surface area contributed by atoms with E-state index in [9.17, 15) is 4.79 Å². The largest absolute Gasteiger partial charge is 0.461 e. The van der Waals surface area contributed by atoms with E-state index >= 15 is 0 Å². The van der Waals surface area contributed by atoms with E-state index in [-0.39, 0.29) is 12.3 Å². The third-order valence-electron chi connectivity index (χ3n) is 4.34. The maximum atomic E-state index is 11.0. The first-order valence-corrected chi connectivity index (χ1v) is 8.77.